The second kappa shape index (κ2) is 11.6. The van der Waals surface area contributed by atoms with Crippen molar-refractivity contribution in [1.29, 1.82) is 0 Å². The number of nitro groups is 1. The average molecular weight is 498 g/mol. The first-order chi connectivity index (χ1) is 16.7. The molecule has 0 radical (unpaired) electrons. The molecule has 0 aliphatic carbocycles. The molecule has 0 fully saturated rings. The summed E-state index contributed by atoms with van der Waals surface area (Å²) in [5.41, 5.74) is 0.959. The van der Waals surface area contributed by atoms with Gasteiger partial charge in [0, 0.05) is 11.6 Å². The van der Waals surface area contributed by atoms with Crippen molar-refractivity contribution in [2.45, 2.75) is 6.92 Å². The zero-order valence-corrected chi connectivity index (χ0v) is 19.2. The van der Waals surface area contributed by atoms with E-state index in [2.05, 4.69) is 10.6 Å². The molecular weight excluding hydrogens is 478 g/mol. The molecule has 2 amide bonds. The monoisotopic (exact) mass is 497 g/mol. The maximum atomic E-state index is 12.3. The molecule has 0 unspecified atom stereocenters. The van der Waals surface area contributed by atoms with Gasteiger partial charge in [0.05, 0.1) is 10.6 Å². The number of benzene rings is 3. The van der Waals surface area contributed by atoms with Crippen LogP contribution in [0.25, 0.3) is 0 Å². The zero-order chi connectivity index (χ0) is 25.4. The third kappa shape index (κ3) is 7.27. The van der Waals surface area contributed by atoms with Crippen LogP contribution in [0, 0.1) is 17.0 Å². The Balaban J connectivity index is 1.49. The number of ether oxygens (including phenoxy) is 2. The summed E-state index contributed by atoms with van der Waals surface area (Å²) in [6, 6.07) is 17.6. The number of nitrogens with one attached hydrogen (secondary N) is 2. The number of esters is 1. The number of carbonyl (C=O) groups is 3. The normalized spacial score (nSPS) is 10.2. The molecule has 0 aliphatic rings. The summed E-state index contributed by atoms with van der Waals surface area (Å²) < 4.78 is 10.7. The zero-order valence-electron chi connectivity index (χ0n) is 18.4. The highest BCUT2D eigenvalue weighted by molar-refractivity contribution is 6.32. The second-order valence-corrected chi connectivity index (χ2v) is 7.63. The minimum atomic E-state index is -0.874. The highest BCUT2D eigenvalue weighted by Gasteiger charge is 2.17. The van der Waals surface area contributed by atoms with Crippen molar-refractivity contribution in [2.75, 3.05) is 18.5 Å². The molecule has 0 aliphatic heterocycles. The molecule has 3 aromatic rings. The van der Waals surface area contributed by atoms with Crippen LogP contribution in [0.5, 0.6) is 11.5 Å². The number of halogens is 1. The van der Waals surface area contributed by atoms with Gasteiger partial charge in [0.1, 0.15) is 17.3 Å². The van der Waals surface area contributed by atoms with E-state index in [9.17, 15) is 24.5 Å². The van der Waals surface area contributed by atoms with Crippen LogP contribution in [0.2, 0.25) is 5.02 Å². The number of aryl methyl sites for hydroxylation is 1. The quantitative estimate of drug-likeness (QED) is 0.256. The average Bonchev–Trinajstić information content (AvgIpc) is 2.84. The van der Waals surface area contributed by atoms with Gasteiger partial charge in [-0.25, -0.2) is 0 Å². The lowest BCUT2D eigenvalue weighted by molar-refractivity contribution is -0.384. The maximum Gasteiger partial charge on any atom is 0.325 e. The molecular formula is C24H20ClN3O7. The van der Waals surface area contributed by atoms with Crippen LogP contribution in [0.3, 0.4) is 0 Å². The van der Waals surface area contributed by atoms with Crippen molar-refractivity contribution >= 4 is 40.8 Å². The fourth-order valence-corrected chi connectivity index (χ4v) is 3.01. The van der Waals surface area contributed by atoms with Gasteiger partial charge in [0.25, 0.3) is 17.5 Å². The van der Waals surface area contributed by atoms with Gasteiger partial charge in [0.2, 0.25) is 0 Å². The lowest BCUT2D eigenvalue weighted by Crippen LogP contribution is -2.32. The van der Waals surface area contributed by atoms with Crippen LogP contribution in [0.1, 0.15) is 15.9 Å². The number of rotatable bonds is 9. The molecule has 0 spiro atoms. The standard InChI is InChI=1S/C24H20ClN3O7/c1-15-6-9-17(10-7-15)35-21-5-3-2-4-19(21)27-22(29)14-34-23(30)13-26-24(31)16-8-11-18(25)20(12-16)28(32)33/h2-12H,13-14H2,1H3,(H,26,31)(H,27,29). The summed E-state index contributed by atoms with van der Waals surface area (Å²) in [4.78, 5) is 46.5. The summed E-state index contributed by atoms with van der Waals surface area (Å²) in [5, 5.41) is 15.7. The molecule has 3 aromatic carbocycles. The summed E-state index contributed by atoms with van der Waals surface area (Å²) in [5.74, 6) is -1.24. The Morgan fingerprint density at radius 3 is 2.46 bits per heavy atom. The molecule has 180 valence electrons. The highest BCUT2D eigenvalue weighted by atomic mass is 35.5. The topological polar surface area (TPSA) is 137 Å². The van der Waals surface area contributed by atoms with Gasteiger partial charge in [-0.2, -0.15) is 0 Å². The van der Waals surface area contributed by atoms with Gasteiger partial charge in [-0.3, -0.25) is 24.5 Å². The van der Waals surface area contributed by atoms with Crippen molar-refractivity contribution in [3.8, 4) is 11.5 Å². The molecule has 35 heavy (non-hydrogen) atoms. The molecule has 3 rings (SSSR count). The Labute approximate surface area is 205 Å². The Kier molecular flexibility index (Phi) is 8.36. The lowest BCUT2D eigenvalue weighted by atomic mass is 10.2. The first-order valence-electron chi connectivity index (χ1n) is 10.2. The van der Waals surface area contributed by atoms with Crippen molar-refractivity contribution in [1.82, 2.24) is 5.32 Å². The fraction of sp³-hybridized carbons (Fsp3) is 0.125. The Hall–Kier alpha value is -4.44. The van der Waals surface area contributed by atoms with E-state index in [1.807, 2.05) is 19.1 Å². The molecule has 10 nitrogen and oxygen atoms in total. The third-order valence-electron chi connectivity index (χ3n) is 4.57. The van der Waals surface area contributed by atoms with Crippen LogP contribution >= 0.6 is 11.6 Å². The predicted octanol–water partition coefficient (Wildman–Crippen LogP) is 4.26. The lowest BCUT2D eigenvalue weighted by Gasteiger charge is -2.12. The van der Waals surface area contributed by atoms with Crippen LogP contribution in [0.15, 0.2) is 66.7 Å². The van der Waals surface area contributed by atoms with E-state index in [0.29, 0.717) is 17.2 Å². The second-order valence-electron chi connectivity index (χ2n) is 7.23. The molecule has 0 bridgehead atoms. The number of para-hydroxylation sites is 2. The van der Waals surface area contributed by atoms with Crippen molar-refractivity contribution in [2.24, 2.45) is 0 Å². The maximum absolute atomic E-state index is 12.3. The summed E-state index contributed by atoms with van der Waals surface area (Å²) in [7, 11) is 0. The third-order valence-corrected chi connectivity index (χ3v) is 4.89. The Bertz CT molecular complexity index is 1260. The van der Waals surface area contributed by atoms with Gasteiger partial charge in [0.15, 0.2) is 12.4 Å². The van der Waals surface area contributed by atoms with Gasteiger partial charge in [-0.05, 0) is 43.3 Å². The van der Waals surface area contributed by atoms with E-state index in [1.54, 1.807) is 36.4 Å². The van der Waals surface area contributed by atoms with E-state index in [4.69, 9.17) is 21.1 Å². The number of anilines is 1. The van der Waals surface area contributed by atoms with Gasteiger partial charge in [-0.1, -0.05) is 41.4 Å². The molecule has 0 aromatic heterocycles. The van der Waals surface area contributed by atoms with Crippen molar-refractivity contribution in [3.05, 3.63) is 93.0 Å². The van der Waals surface area contributed by atoms with Gasteiger partial charge < -0.3 is 20.1 Å². The van der Waals surface area contributed by atoms with Gasteiger partial charge >= 0.3 is 5.97 Å². The number of hydrogen-bond donors (Lipinski definition) is 2. The fourth-order valence-electron chi connectivity index (χ4n) is 2.82. The van der Waals surface area contributed by atoms with E-state index in [-0.39, 0.29) is 10.6 Å². The smallest absolute Gasteiger partial charge is 0.325 e. The molecule has 0 saturated heterocycles. The summed E-state index contributed by atoms with van der Waals surface area (Å²) in [6.45, 7) is 0.810. The van der Waals surface area contributed by atoms with E-state index >= 15 is 0 Å². The minimum absolute atomic E-state index is 0.0585. The van der Waals surface area contributed by atoms with Crippen LogP contribution in [-0.2, 0) is 14.3 Å². The number of nitrogens with zero attached hydrogens (tertiary/aromatic N) is 1. The first-order valence-corrected chi connectivity index (χ1v) is 10.6. The minimum Gasteiger partial charge on any atom is -0.455 e. The number of amides is 2. The number of carbonyl (C=O) groups excluding carboxylic acids is 3. The molecule has 2 N–H and O–H groups in total. The van der Waals surface area contributed by atoms with Crippen LogP contribution in [-0.4, -0.2) is 35.9 Å². The van der Waals surface area contributed by atoms with E-state index in [1.165, 1.54) is 12.1 Å². The summed E-state index contributed by atoms with van der Waals surface area (Å²) in [6.07, 6.45) is 0. The number of hydrogen-bond acceptors (Lipinski definition) is 7. The largest absolute Gasteiger partial charge is 0.455 e. The molecule has 0 atom stereocenters. The number of nitro benzene ring substituents is 1. The molecule has 0 saturated carbocycles. The van der Waals surface area contributed by atoms with Crippen molar-refractivity contribution in [3.63, 3.8) is 0 Å². The SMILES string of the molecule is Cc1ccc(Oc2ccccc2NC(=O)COC(=O)CNC(=O)c2ccc(Cl)c([N+](=O)[O-])c2)cc1. The Morgan fingerprint density at radius 2 is 1.74 bits per heavy atom. The molecule has 0 heterocycles. The van der Waals surface area contributed by atoms with E-state index in [0.717, 1.165) is 11.6 Å². The highest BCUT2D eigenvalue weighted by Crippen LogP contribution is 2.29. The van der Waals surface area contributed by atoms with Crippen LogP contribution < -0.4 is 15.4 Å². The molecule has 11 heteroatoms. The summed E-state index contributed by atoms with van der Waals surface area (Å²) >= 11 is 5.71. The first kappa shape index (κ1) is 25.2. The van der Waals surface area contributed by atoms with E-state index < -0.39 is 41.5 Å². The van der Waals surface area contributed by atoms with Gasteiger partial charge in [-0.15, -0.1) is 0 Å². The van der Waals surface area contributed by atoms with Crippen molar-refractivity contribution < 1.29 is 28.8 Å². The Morgan fingerprint density at radius 1 is 1.03 bits per heavy atom. The predicted molar refractivity (Wildman–Crippen MR) is 128 cm³/mol. The van der Waals surface area contributed by atoms with Crippen LogP contribution in [0.4, 0.5) is 11.4 Å².